The van der Waals surface area contributed by atoms with Crippen molar-refractivity contribution in [3.8, 4) is 0 Å². The monoisotopic (exact) mass is 326 g/mol. The molecule has 5 heteroatoms. The highest BCUT2D eigenvalue weighted by atomic mass is 16.6. The molecule has 0 aromatic rings. The van der Waals surface area contributed by atoms with Gasteiger partial charge in [-0.1, -0.05) is 34.6 Å². The Bertz CT molecular complexity index is 444. The lowest BCUT2D eigenvalue weighted by molar-refractivity contribution is -0.138. The van der Waals surface area contributed by atoms with Crippen molar-refractivity contribution < 1.29 is 14.3 Å². The number of nitrogens with one attached hydrogen (secondary N) is 1. The van der Waals surface area contributed by atoms with Crippen LogP contribution in [0, 0.1) is 10.8 Å². The molecule has 1 atom stereocenters. The minimum atomic E-state index is -0.530. The predicted molar refractivity (Wildman–Crippen MR) is 92.2 cm³/mol. The number of hydrogen-bond acceptors (Lipinski definition) is 3. The van der Waals surface area contributed by atoms with E-state index in [1.54, 1.807) is 0 Å². The summed E-state index contributed by atoms with van der Waals surface area (Å²) in [6.07, 6.45) is 1.13. The summed E-state index contributed by atoms with van der Waals surface area (Å²) in [6, 6.07) is -0.150. The van der Waals surface area contributed by atoms with E-state index in [0.717, 1.165) is 13.0 Å². The van der Waals surface area contributed by atoms with E-state index in [1.165, 1.54) is 0 Å². The third-order valence-corrected chi connectivity index (χ3v) is 4.18. The molecule has 1 heterocycles. The van der Waals surface area contributed by atoms with Crippen LogP contribution in [-0.4, -0.2) is 41.6 Å². The van der Waals surface area contributed by atoms with Crippen LogP contribution >= 0.6 is 0 Å². The lowest BCUT2D eigenvalue weighted by Crippen LogP contribution is -2.54. The standard InChI is InChI=1S/C18H34N2O3/c1-16(2,3)13(19-15(22)23-17(4,5)6)12-20-10-9-18(7,8)11-14(20)21/h13H,9-12H2,1-8H3,(H,19,22)/t13-/m1/s1. The maximum atomic E-state index is 12.4. The molecule has 1 fully saturated rings. The lowest BCUT2D eigenvalue weighted by atomic mass is 9.81. The average Bonchev–Trinajstić information content (AvgIpc) is 2.26. The first kappa shape index (κ1) is 19.8. The van der Waals surface area contributed by atoms with E-state index in [4.69, 9.17) is 4.74 Å². The molecule has 1 rings (SSSR count). The maximum absolute atomic E-state index is 12.4. The molecule has 1 saturated heterocycles. The van der Waals surface area contributed by atoms with Crippen molar-refractivity contribution in [3.05, 3.63) is 0 Å². The van der Waals surface area contributed by atoms with Crippen LogP contribution in [0.4, 0.5) is 4.79 Å². The number of ether oxygens (including phenoxy) is 1. The molecule has 0 bridgehead atoms. The van der Waals surface area contributed by atoms with Crippen molar-refractivity contribution in [2.75, 3.05) is 13.1 Å². The van der Waals surface area contributed by atoms with Gasteiger partial charge in [0.05, 0.1) is 6.04 Å². The van der Waals surface area contributed by atoms with Gasteiger partial charge in [-0.2, -0.15) is 0 Å². The molecule has 0 spiro atoms. The average molecular weight is 326 g/mol. The highest BCUT2D eigenvalue weighted by Gasteiger charge is 2.36. The minimum Gasteiger partial charge on any atom is -0.444 e. The zero-order chi connectivity index (χ0) is 18.1. The van der Waals surface area contributed by atoms with Gasteiger partial charge in [0.1, 0.15) is 5.60 Å². The van der Waals surface area contributed by atoms with Crippen molar-refractivity contribution >= 4 is 12.0 Å². The van der Waals surface area contributed by atoms with Gasteiger partial charge in [0.25, 0.3) is 0 Å². The van der Waals surface area contributed by atoms with Crippen molar-refractivity contribution in [2.45, 2.75) is 79.9 Å². The van der Waals surface area contributed by atoms with Gasteiger partial charge in [-0.05, 0) is 38.0 Å². The number of amides is 2. The summed E-state index contributed by atoms with van der Waals surface area (Å²) in [5.74, 6) is 0.168. The molecule has 1 aliphatic heterocycles. The Morgan fingerprint density at radius 2 is 1.83 bits per heavy atom. The van der Waals surface area contributed by atoms with Crippen LogP contribution in [0.25, 0.3) is 0 Å². The number of alkyl carbamates (subject to hydrolysis) is 1. The van der Waals surface area contributed by atoms with E-state index >= 15 is 0 Å². The molecule has 5 nitrogen and oxygen atoms in total. The van der Waals surface area contributed by atoms with Gasteiger partial charge >= 0.3 is 6.09 Å². The summed E-state index contributed by atoms with van der Waals surface area (Å²) in [7, 11) is 0. The molecule has 23 heavy (non-hydrogen) atoms. The van der Waals surface area contributed by atoms with Crippen molar-refractivity contribution in [1.29, 1.82) is 0 Å². The fraction of sp³-hybridized carbons (Fsp3) is 0.889. The molecule has 0 saturated carbocycles. The Labute approximate surface area is 141 Å². The molecule has 0 aromatic heterocycles. The number of rotatable bonds is 3. The van der Waals surface area contributed by atoms with E-state index < -0.39 is 11.7 Å². The SMILES string of the molecule is CC1(C)CCN(C[C@@H](NC(=O)OC(C)(C)C)C(C)(C)C)C(=O)C1. The van der Waals surface area contributed by atoms with Gasteiger partial charge < -0.3 is 15.0 Å². The number of piperidine rings is 1. The largest absolute Gasteiger partial charge is 0.444 e. The molecule has 0 unspecified atom stereocenters. The van der Waals surface area contributed by atoms with Gasteiger partial charge in [-0.25, -0.2) is 4.79 Å². The number of nitrogens with zero attached hydrogens (tertiary/aromatic N) is 1. The Morgan fingerprint density at radius 3 is 2.26 bits per heavy atom. The molecule has 0 radical (unpaired) electrons. The van der Waals surface area contributed by atoms with E-state index in [1.807, 2.05) is 25.7 Å². The summed E-state index contributed by atoms with van der Waals surface area (Å²) in [5, 5.41) is 2.95. The van der Waals surface area contributed by atoms with Crippen molar-refractivity contribution in [3.63, 3.8) is 0 Å². The Hall–Kier alpha value is -1.26. The van der Waals surface area contributed by atoms with Gasteiger partial charge in [-0.15, -0.1) is 0 Å². The summed E-state index contributed by atoms with van der Waals surface area (Å²) in [6.45, 7) is 17.2. The second-order valence-corrected chi connectivity index (χ2v) is 9.50. The van der Waals surface area contributed by atoms with Crippen LogP contribution in [0.5, 0.6) is 0 Å². The molecular weight excluding hydrogens is 292 g/mol. The fourth-order valence-electron chi connectivity index (χ4n) is 2.57. The smallest absolute Gasteiger partial charge is 0.407 e. The molecule has 0 aliphatic carbocycles. The Balaban J connectivity index is 2.73. The summed E-state index contributed by atoms with van der Waals surface area (Å²) >= 11 is 0. The third kappa shape index (κ3) is 6.80. The molecule has 134 valence electrons. The molecule has 0 aromatic carbocycles. The van der Waals surface area contributed by atoms with Gasteiger partial charge in [0.2, 0.25) is 5.91 Å². The number of carbonyl (C=O) groups is 2. The predicted octanol–water partition coefficient (Wildman–Crippen LogP) is 3.57. The van der Waals surface area contributed by atoms with Gasteiger partial charge in [0.15, 0.2) is 0 Å². The zero-order valence-corrected chi connectivity index (χ0v) is 16.1. The molecule has 1 aliphatic rings. The first-order chi connectivity index (χ1) is 10.2. The third-order valence-electron chi connectivity index (χ3n) is 4.18. The van der Waals surface area contributed by atoms with Crippen LogP contribution in [0.3, 0.4) is 0 Å². The molecule has 1 N–H and O–H groups in total. The van der Waals surface area contributed by atoms with Crippen LogP contribution in [0.15, 0.2) is 0 Å². The number of likely N-dealkylation sites (tertiary alicyclic amines) is 1. The zero-order valence-electron chi connectivity index (χ0n) is 16.1. The van der Waals surface area contributed by atoms with Crippen LogP contribution in [-0.2, 0) is 9.53 Å². The topological polar surface area (TPSA) is 58.6 Å². The van der Waals surface area contributed by atoms with Crippen LogP contribution in [0.1, 0.15) is 68.2 Å². The van der Waals surface area contributed by atoms with Crippen LogP contribution in [0.2, 0.25) is 0 Å². The summed E-state index contributed by atoms with van der Waals surface area (Å²) in [5.41, 5.74) is -0.620. The van der Waals surface area contributed by atoms with E-state index in [0.29, 0.717) is 13.0 Å². The number of carbonyl (C=O) groups excluding carboxylic acids is 2. The van der Waals surface area contributed by atoms with Crippen molar-refractivity contribution in [1.82, 2.24) is 10.2 Å². The molecule has 2 amide bonds. The summed E-state index contributed by atoms with van der Waals surface area (Å²) < 4.78 is 5.36. The minimum absolute atomic E-state index is 0.0728. The highest BCUT2D eigenvalue weighted by molar-refractivity contribution is 5.78. The van der Waals surface area contributed by atoms with Crippen LogP contribution < -0.4 is 5.32 Å². The summed E-state index contributed by atoms with van der Waals surface area (Å²) in [4.78, 5) is 26.3. The Morgan fingerprint density at radius 1 is 1.26 bits per heavy atom. The molecular formula is C18H34N2O3. The van der Waals surface area contributed by atoms with Gasteiger partial charge in [-0.3, -0.25) is 4.79 Å². The quantitative estimate of drug-likeness (QED) is 0.862. The lowest BCUT2D eigenvalue weighted by Gasteiger charge is -2.41. The van der Waals surface area contributed by atoms with E-state index in [-0.39, 0.29) is 22.8 Å². The first-order valence-corrected chi connectivity index (χ1v) is 8.47. The number of hydrogen-bond donors (Lipinski definition) is 1. The van der Waals surface area contributed by atoms with E-state index in [9.17, 15) is 9.59 Å². The fourth-order valence-corrected chi connectivity index (χ4v) is 2.57. The first-order valence-electron chi connectivity index (χ1n) is 8.47. The van der Waals surface area contributed by atoms with E-state index in [2.05, 4.69) is 39.9 Å². The Kier molecular flexibility index (Phi) is 5.76. The normalized spacial score (nSPS) is 20.2. The second kappa shape index (κ2) is 6.70. The van der Waals surface area contributed by atoms with Gasteiger partial charge in [0, 0.05) is 19.5 Å². The van der Waals surface area contributed by atoms with Crippen molar-refractivity contribution in [2.24, 2.45) is 10.8 Å². The highest BCUT2D eigenvalue weighted by Crippen LogP contribution is 2.31. The second-order valence-electron chi connectivity index (χ2n) is 9.50. The maximum Gasteiger partial charge on any atom is 0.407 e.